The van der Waals surface area contributed by atoms with E-state index < -0.39 is 0 Å². The van der Waals surface area contributed by atoms with E-state index in [4.69, 9.17) is 0 Å². The molecule has 0 radical (unpaired) electrons. The van der Waals surface area contributed by atoms with Crippen molar-refractivity contribution >= 4 is 23.7 Å². The Bertz CT molecular complexity index is 825. The molecule has 1 amide bonds. The van der Waals surface area contributed by atoms with Gasteiger partial charge in [0.15, 0.2) is 0 Å². The fourth-order valence-corrected chi connectivity index (χ4v) is 3.99. The highest BCUT2D eigenvalue weighted by Gasteiger charge is 2.22. The van der Waals surface area contributed by atoms with Crippen LogP contribution in [0.15, 0.2) is 30.6 Å². The molecular formula is C21H28N6O. The Morgan fingerprint density at radius 2 is 1.39 bits per heavy atom. The fourth-order valence-electron chi connectivity index (χ4n) is 3.99. The molecule has 2 saturated heterocycles. The van der Waals surface area contributed by atoms with Gasteiger partial charge in [-0.25, -0.2) is 9.97 Å². The van der Waals surface area contributed by atoms with Crippen molar-refractivity contribution in [2.45, 2.75) is 13.8 Å². The van der Waals surface area contributed by atoms with Crippen LogP contribution in [-0.4, -0.2) is 73.6 Å². The number of hydrogen-bond acceptors (Lipinski definition) is 6. The molecule has 7 heteroatoms. The van der Waals surface area contributed by atoms with Crippen LogP contribution in [0.2, 0.25) is 0 Å². The molecule has 2 aliphatic rings. The average Bonchev–Trinajstić information content (AvgIpc) is 2.76. The highest BCUT2D eigenvalue weighted by molar-refractivity contribution is 5.58. The first-order chi connectivity index (χ1) is 13.7. The molecule has 3 heterocycles. The zero-order valence-corrected chi connectivity index (χ0v) is 16.7. The van der Waals surface area contributed by atoms with Crippen LogP contribution >= 0.6 is 0 Å². The standard InChI is InChI=1S/C21H28N6O/c1-17-4-3-5-19(18(17)2)25-10-12-27(13-11-25)21-14-20(22-15-23-21)26-8-6-24(16-28)7-9-26/h3-5,14-16H,6-13H2,1-2H3. The van der Waals surface area contributed by atoms with E-state index >= 15 is 0 Å². The average molecular weight is 380 g/mol. The lowest BCUT2D eigenvalue weighted by atomic mass is 10.1. The van der Waals surface area contributed by atoms with Crippen LogP contribution in [0.25, 0.3) is 0 Å². The van der Waals surface area contributed by atoms with Crippen molar-refractivity contribution in [1.82, 2.24) is 14.9 Å². The number of carbonyl (C=O) groups excluding carboxylic acids is 1. The smallest absolute Gasteiger partial charge is 0.209 e. The molecule has 4 rings (SSSR count). The summed E-state index contributed by atoms with van der Waals surface area (Å²) in [5, 5.41) is 0. The molecule has 0 saturated carbocycles. The second-order valence-electron chi connectivity index (χ2n) is 7.56. The maximum absolute atomic E-state index is 10.9. The summed E-state index contributed by atoms with van der Waals surface area (Å²) in [7, 11) is 0. The lowest BCUT2D eigenvalue weighted by Gasteiger charge is -2.38. The Labute approximate surface area is 166 Å². The normalized spacial score (nSPS) is 17.8. The molecule has 1 aromatic carbocycles. The van der Waals surface area contributed by atoms with Gasteiger partial charge >= 0.3 is 0 Å². The van der Waals surface area contributed by atoms with Crippen LogP contribution in [0.5, 0.6) is 0 Å². The largest absolute Gasteiger partial charge is 0.368 e. The van der Waals surface area contributed by atoms with Gasteiger partial charge in [0.05, 0.1) is 0 Å². The van der Waals surface area contributed by atoms with Crippen LogP contribution < -0.4 is 14.7 Å². The number of hydrogen-bond donors (Lipinski definition) is 0. The van der Waals surface area contributed by atoms with Crippen LogP contribution in [0.1, 0.15) is 11.1 Å². The topological polar surface area (TPSA) is 55.8 Å². The number of benzene rings is 1. The molecular weight excluding hydrogens is 352 g/mol. The molecule has 2 aliphatic heterocycles. The van der Waals surface area contributed by atoms with Gasteiger partial charge in [-0.15, -0.1) is 0 Å². The van der Waals surface area contributed by atoms with Crippen molar-refractivity contribution < 1.29 is 4.79 Å². The SMILES string of the molecule is Cc1cccc(N2CCN(c3cc(N4CCN(C=O)CC4)ncn3)CC2)c1C. The van der Waals surface area contributed by atoms with Crippen molar-refractivity contribution in [3.05, 3.63) is 41.7 Å². The van der Waals surface area contributed by atoms with Crippen molar-refractivity contribution in [3.63, 3.8) is 0 Å². The Hall–Kier alpha value is -2.83. The summed E-state index contributed by atoms with van der Waals surface area (Å²) < 4.78 is 0. The first-order valence-electron chi connectivity index (χ1n) is 9.98. The molecule has 0 aliphatic carbocycles. The summed E-state index contributed by atoms with van der Waals surface area (Å²) in [6.45, 7) is 11.4. The van der Waals surface area contributed by atoms with Gasteiger partial charge in [0.1, 0.15) is 18.0 Å². The van der Waals surface area contributed by atoms with Gasteiger partial charge in [0, 0.05) is 64.1 Å². The van der Waals surface area contributed by atoms with Gasteiger partial charge in [-0.05, 0) is 31.0 Å². The maximum atomic E-state index is 10.9. The van der Waals surface area contributed by atoms with Crippen LogP contribution in [-0.2, 0) is 4.79 Å². The predicted octanol–water partition coefficient (Wildman–Crippen LogP) is 1.70. The van der Waals surface area contributed by atoms with E-state index in [1.54, 1.807) is 6.33 Å². The number of nitrogens with zero attached hydrogens (tertiary/aromatic N) is 6. The zero-order valence-electron chi connectivity index (χ0n) is 16.7. The van der Waals surface area contributed by atoms with Crippen molar-refractivity contribution in [1.29, 1.82) is 0 Å². The molecule has 0 atom stereocenters. The van der Waals surface area contributed by atoms with E-state index in [0.717, 1.165) is 70.4 Å². The van der Waals surface area contributed by atoms with Crippen molar-refractivity contribution in [3.8, 4) is 0 Å². The minimum Gasteiger partial charge on any atom is -0.368 e. The molecule has 0 N–H and O–H groups in total. The van der Waals surface area contributed by atoms with Crippen molar-refractivity contribution in [2.75, 3.05) is 67.1 Å². The quantitative estimate of drug-likeness (QED) is 0.753. The molecule has 0 unspecified atom stereocenters. The number of piperazine rings is 2. The maximum Gasteiger partial charge on any atom is 0.209 e. The number of carbonyl (C=O) groups is 1. The van der Waals surface area contributed by atoms with Gasteiger partial charge in [-0.2, -0.15) is 0 Å². The van der Waals surface area contributed by atoms with Crippen LogP contribution in [0, 0.1) is 13.8 Å². The van der Waals surface area contributed by atoms with E-state index in [1.165, 1.54) is 16.8 Å². The van der Waals surface area contributed by atoms with Gasteiger partial charge < -0.3 is 19.6 Å². The van der Waals surface area contributed by atoms with Gasteiger partial charge in [0.2, 0.25) is 6.41 Å². The van der Waals surface area contributed by atoms with E-state index in [2.05, 4.69) is 62.8 Å². The van der Waals surface area contributed by atoms with Crippen LogP contribution in [0.4, 0.5) is 17.3 Å². The third-order valence-corrected chi connectivity index (χ3v) is 5.95. The van der Waals surface area contributed by atoms with E-state index in [1.807, 2.05) is 4.90 Å². The lowest BCUT2D eigenvalue weighted by molar-refractivity contribution is -0.118. The Kier molecular flexibility index (Phi) is 5.32. The molecule has 7 nitrogen and oxygen atoms in total. The summed E-state index contributed by atoms with van der Waals surface area (Å²) in [6, 6.07) is 8.63. The fraction of sp³-hybridized carbons (Fsp3) is 0.476. The number of amides is 1. The Balaban J connectivity index is 1.41. The third-order valence-electron chi connectivity index (χ3n) is 5.95. The third kappa shape index (κ3) is 3.74. The molecule has 2 fully saturated rings. The summed E-state index contributed by atoms with van der Waals surface area (Å²) >= 11 is 0. The van der Waals surface area contributed by atoms with E-state index in [-0.39, 0.29) is 0 Å². The van der Waals surface area contributed by atoms with Gasteiger partial charge in [0.25, 0.3) is 0 Å². The molecule has 148 valence electrons. The van der Waals surface area contributed by atoms with E-state index in [9.17, 15) is 4.79 Å². The zero-order chi connectivity index (χ0) is 19.5. The molecule has 28 heavy (non-hydrogen) atoms. The first kappa shape index (κ1) is 18.5. The van der Waals surface area contributed by atoms with Gasteiger partial charge in [-0.3, -0.25) is 4.79 Å². The lowest BCUT2D eigenvalue weighted by Crippen LogP contribution is -2.47. The predicted molar refractivity (Wildman–Crippen MR) is 112 cm³/mol. The summed E-state index contributed by atoms with van der Waals surface area (Å²) in [6.07, 6.45) is 2.59. The van der Waals surface area contributed by atoms with Crippen molar-refractivity contribution in [2.24, 2.45) is 0 Å². The molecule has 2 aromatic rings. The molecule has 0 spiro atoms. The Morgan fingerprint density at radius 3 is 2.00 bits per heavy atom. The monoisotopic (exact) mass is 380 g/mol. The minimum atomic E-state index is 0.747. The molecule has 0 bridgehead atoms. The summed E-state index contributed by atoms with van der Waals surface area (Å²) in [5.74, 6) is 1.94. The van der Waals surface area contributed by atoms with Gasteiger partial charge in [-0.1, -0.05) is 12.1 Å². The molecule has 1 aromatic heterocycles. The first-order valence-corrected chi connectivity index (χ1v) is 9.98. The number of rotatable bonds is 4. The van der Waals surface area contributed by atoms with E-state index in [0.29, 0.717) is 0 Å². The van der Waals surface area contributed by atoms with Crippen LogP contribution in [0.3, 0.4) is 0 Å². The minimum absolute atomic E-state index is 0.747. The second kappa shape index (κ2) is 8.04. The second-order valence-corrected chi connectivity index (χ2v) is 7.56. The summed E-state index contributed by atoms with van der Waals surface area (Å²) in [4.78, 5) is 28.7. The number of aromatic nitrogens is 2. The Morgan fingerprint density at radius 1 is 0.821 bits per heavy atom. The highest BCUT2D eigenvalue weighted by atomic mass is 16.1. The number of aryl methyl sites for hydroxylation is 1. The number of anilines is 3. The summed E-state index contributed by atoms with van der Waals surface area (Å²) in [5.41, 5.74) is 4.06. The highest BCUT2D eigenvalue weighted by Crippen LogP contribution is 2.25.